The van der Waals surface area contributed by atoms with Crippen LogP contribution in [0.4, 0.5) is 18.9 Å². The Morgan fingerprint density at radius 2 is 1.82 bits per heavy atom. The van der Waals surface area contributed by atoms with Crippen molar-refractivity contribution in [3.63, 3.8) is 0 Å². The lowest BCUT2D eigenvalue weighted by Crippen LogP contribution is -2.46. The van der Waals surface area contributed by atoms with E-state index in [1.54, 1.807) is 11.9 Å². The van der Waals surface area contributed by atoms with Gasteiger partial charge >= 0.3 is 11.7 Å². The number of alkyl halides is 2. The van der Waals surface area contributed by atoms with Crippen LogP contribution in [0, 0.1) is 12.7 Å². The van der Waals surface area contributed by atoms with E-state index in [9.17, 15) is 33.1 Å². The Balaban J connectivity index is 1.33. The van der Waals surface area contributed by atoms with E-state index in [0.29, 0.717) is 35.5 Å². The Bertz CT molecular complexity index is 1700. The van der Waals surface area contributed by atoms with Gasteiger partial charge in [0.05, 0.1) is 49.3 Å². The largest absolute Gasteiger partial charge is 0.480 e. The van der Waals surface area contributed by atoms with Crippen LogP contribution in [0.15, 0.2) is 46.0 Å². The van der Waals surface area contributed by atoms with Crippen molar-refractivity contribution in [2.45, 2.75) is 51.3 Å². The number of carboxylic acid groups (broad SMARTS) is 1. The number of nitrogens with zero attached hydrogens (tertiary/aromatic N) is 3. The molecular weight excluding hydrogens is 597 g/mol. The second-order valence-corrected chi connectivity index (χ2v) is 11.1. The molecule has 0 saturated carbocycles. The number of carbonyl (C=O) groups is 2. The number of anilines is 1. The number of fused-ring (bicyclic) bond motifs is 1. The molecular formula is C31H33F3N4O7. The number of hydrogen-bond acceptors (Lipinski definition) is 7. The standard InChI is InChI=1S/C31H33F3N4O7/c1-17-11-20(37-8-10-45-15-21(37)14-26(33)34)13-23(32)27(17)28(39)35-24(30(41)42)12-18-3-5-19(6-4-18)38-29(40)22-16-44-9-7-25(22)36(2)31(38)43/h3-6,11,13,21,24,26H,7-10,12,14-16H2,1-2H3,(H,35,39)(H,41,42)/t21-,24?/m0/s1. The highest BCUT2D eigenvalue weighted by molar-refractivity contribution is 5.98. The number of ether oxygens (including phenoxy) is 2. The number of halogens is 3. The summed E-state index contributed by atoms with van der Waals surface area (Å²) in [6.45, 7) is 2.60. The zero-order valence-corrected chi connectivity index (χ0v) is 24.7. The lowest BCUT2D eigenvalue weighted by molar-refractivity contribution is -0.139. The fourth-order valence-electron chi connectivity index (χ4n) is 5.87. The normalized spacial score (nSPS) is 17.2. The van der Waals surface area contributed by atoms with Crippen molar-refractivity contribution < 1.29 is 37.3 Å². The Kier molecular flexibility index (Phi) is 9.44. The highest BCUT2D eigenvalue weighted by Gasteiger charge is 2.29. The summed E-state index contributed by atoms with van der Waals surface area (Å²) in [5.41, 5.74) is 0.947. The minimum absolute atomic E-state index is 0.0597. The van der Waals surface area contributed by atoms with Crippen molar-refractivity contribution in [1.29, 1.82) is 0 Å². The molecule has 2 aliphatic rings. The molecule has 1 aromatic heterocycles. The van der Waals surface area contributed by atoms with E-state index in [1.165, 1.54) is 41.8 Å². The summed E-state index contributed by atoms with van der Waals surface area (Å²) in [4.78, 5) is 52.9. The lowest BCUT2D eigenvalue weighted by atomic mass is 10.0. The monoisotopic (exact) mass is 630 g/mol. The summed E-state index contributed by atoms with van der Waals surface area (Å²) in [6.07, 6.45) is -2.76. The summed E-state index contributed by atoms with van der Waals surface area (Å²) in [6, 6.07) is 6.58. The number of aryl methyl sites for hydroxylation is 1. The number of rotatable bonds is 9. The van der Waals surface area contributed by atoms with Crippen LogP contribution in [0.25, 0.3) is 5.69 Å². The third-order valence-corrected chi connectivity index (χ3v) is 8.17. The number of amides is 1. The first-order chi connectivity index (χ1) is 21.5. The molecule has 240 valence electrons. The Morgan fingerprint density at radius 3 is 2.49 bits per heavy atom. The second-order valence-electron chi connectivity index (χ2n) is 11.1. The van der Waals surface area contributed by atoms with Gasteiger partial charge in [0.25, 0.3) is 11.5 Å². The first-order valence-electron chi connectivity index (χ1n) is 14.4. The van der Waals surface area contributed by atoms with Crippen molar-refractivity contribution in [1.82, 2.24) is 14.5 Å². The van der Waals surface area contributed by atoms with Crippen molar-refractivity contribution in [2.24, 2.45) is 7.05 Å². The Morgan fingerprint density at radius 1 is 1.09 bits per heavy atom. The number of hydrogen-bond donors (Lipinski definition) is 2. The maximum absolute atomic E-state index is 15.3. The molecule has 11 nitrogen and oxygen atoms in total. The molecule has 0 aliphatic carbocycles. The number of carbonyl (C=O) groups excluding carboxylic acids is 1. The summed E-state index contributed by atoms with van der Waals surface area (Å²) in [7, 11) is 1.59. The molecule has 3 heterocycles. The molecule has 1 fully saturated rings. The van der Waals surface area contributed by atoms with E-state index < -0.39 is 53.9 Å². The molecule has 0 bridgehead atoms. The number of benzene rings is 2. The van der Waals surface area contributed by atoms with Crippen LogP contribution in [-0.4, -0.2) is 71.0 Å². The van der Waals surface area contributed by atoms with Crippen LogP contribution in [0.2, 0.25) is 0 Å². The van der Waals surface area contributed by atoms with Crippen molar-refractivity contribution in [3.8, 4) is 5.69 Å². The molecule has 0 spiro atoms. The first kappa shape index (κ1) is 32.0. The van der Waals surface area contributed by atoms with Gasteiger partial charge in [-0.3, -0.25) is 14.2 Å². The number of aliphatic carboxylic acids is 1. The van der Waals surface area contributed by atoms with Gasteiger partial charge in [0, 0.05) is 44.2 Å². The van der Waals surface area contributed by atoms with Gasteiger partial charge in [-0.2, -0.15) is 0 Å². The Labute approximate surface area is 255 Å². The molecule has 5 rings (SSSR count). The van der Waals surface area contributed by atoms with Gasteiger partial charge in [-0.25, -0.2) is 27.3 Å². The summed E-state index contributed by atoms with van der Waals surface area (Å²) >= 11 is 0. The van der Waals surface area contributed by atoms with Crippen LogP contribution in [0.3, 0.4) is 0 Å². The SMILES string of the molecule is Cc1cc(N2CCOC[C@@H]2CC(F)F)cc(F)c1C(=O)NC(Cc1ccc(-n2c(=O)c3c(n(C)c2=O)CCOC3)cc1)C(=O)O. The van der Waals surface area contributed by atoms with Crippen LogP contribution in [-0.2, 0) is 40.8 Å². The highest BCUT2D eigenvalue weighted by atomic mass is 19.3. The summed E-state index contributed by atoms with van der Waals surface area (Å²) in [5, 5.41) is 12.2. The molecule has 2 aromatic carbocycles. The minimum Gasteiger partial charge on any atom is -0.480 e. The number of carboxylic acids is 1. The quantitative estimate of drug-likeness (QED) is 0.369. The second kappa shape index (κ2) is 13.3. The molecule has 45 heavy (non-hydrogen) atoms. The highest BCUT2D eigenvalue weighted by Crippen LogP contribution is 2.28. The smallest absolute Gasteiger partial charge is 0.335 e. The third-order valence-electron chi connectivity index (χ3n) is 8.17. The zero-order valence-electron chi connectivity index (χ0n) is 24.7. The summed E-state index contributed by atoms with van der Waals surface area (Å²) < 4.78 is 54.6. The van der Waals surface area contributed by atoms with E-state index in [1.807, 2.05) is 0 Å². The molecule has 2 N–H and O–H groups in total. The lowest BCUT2D eigenvalue weighted by Gasteiger charge is -2.37. The van der Waals surface area contributed by atoms with Crippen LogP contribution >= 0.6 is 0 Å². The third kappa shape index (κ3) is 6.66. The molecule has 2 atom stereocenters. The van der Waals surface area contributed by atoms with E-state index in [-0.39, 0.29) is 49.6 Å². The number of morpholine rings is 1. The predicted molar refractivity (Wildman–Crippen MR) is 157 cm³/mol. The Hall–Kier alpha value is -4.43. The van der Waals surface area contributed by atoms with E-state index in [4.69, 9.17) is 9.47 Å². The zero-order chi connectivity index (χ0) is 32.4. The van der Waals surface area contributed by atoms with Crippen molar-refractivity contribution in [2.75, 3.05) is 31.3 Å². The molecule has 1 unspecified atom stereocenters. The van der Waals surface area contributed by atoms with Crippen LogP contribution in [0.1, 0.15) is 39.2 Å². The van der Waals surface area contributed by atoms with Crippen molar-refractivity contribution in [3.05, 3.63) is 91.0 Å². The molecule has 0 radical (unpaired) electrons. The molecule has 1 saturated heterocycles. The van der Waals surface area contributed by atoms with Gasteiger partial charge in [-0.15, -0.1) is 0 Å². The number of nitrogens with one attached hydrogen (secondary N) is 1. The topological polar surface area (TPSA) is 132 Å². The average Bonchev–Trinajstić information content (AvgIpc) is 3.00. The maximum atomic E-state index is 15.3. The van der Waals surface area contributed by atoms with Crippen molar-refractivity contribution >= 4 is 17.6 Å². The minimum atomic E-state index is -2.58. The first-order valence-corrected chi connectivity index (χ1v) is 14.4. The van der Waals surface area contributed by atoms with Crippen LogP contribution < -0.4 is 21.5 Å². The van der Waals surface area contributed by atoms with E-state index in [0.717, 1.165) is 10.6 Å². The van der Waals surface area contributed by atoms with Gasteiger partial charge in [0.2, 0.25) is 6.43 Å². The molecule has 3 aromatic rings. The number of aromatic nitrogens is 2. The molecule has 2 aliphatic heterocycles. The fraction of sp³-hybridized carbons (Fsp3) is 0.419. The van der Waals surface area contributed by atoms with Gasteiger partial charge in [-0.05, 0) is 42.3 Å². The summed E-state index contributed by atoms with van der Waals surface area (Å²) in [5.74, 6) is -3.22. The predicted octanol–water partition coefficient (Wildman–Crippen LogP) is 2.34. The molecule has 1 amide bonds. The van der Waals surface area contributed by atoms with Gasteiger partial charge in [0.15, 0.2) is 0 Å². The van der Waals surface area contributed by atoms with Gasteiger partial charge < -0.3 is 24.8 Å². The van der Waals surface area contributed by atoms with E-state index >= 15 is 4.39 Å². The fourth-order valence-corrected chi connectivity index (χ4v) is 5.87. The molecule has 14 heteroatoms. The average molecular weight is 631 g/mol. The van der Waals surface area contributed by atoms with Gasteiger partial charge in [0.1, 0.15) is 11.9 Å². The maximum Gasteiger partial charge on any atom is 0.335 e. The van der Waals surface area contributed by atoms with E-state index in [2.05, 4.69) is 5.32 Å². The van der Waals surface area contributed by atoms with Crippen LogP contribution in [0.5, 0.6) is 0 Å². The van der Waals surface area contributed by atoms with Gasteiger partial charge in [-0.1, -0.05) is 12.1 Å².